The Bertz CT molecular complexity index is 757. The lowest BCUT2D eigenvalue weighted by atomic mass is 9.84. The lowest BCUT2D eigenvalue weighted by Crippen LogP contribution is -2.27. The number of carbonyl (C=O) groups excluding carboxylic acids is 2. The highest BCUT2D eigenvalue weighted by Gasteiger charge is 2.30. The van der Waals surface area contributed by atoms with E-state index >= 15 is 0 Å². The van der Waals surface area contributed by atoms with Gasteiger partial charge in [0.15, 0.2) is 5.78 Å². The molecule has 0 radical (unpaired) electrons. The number of ketones is 1. The molecule has 2 aromatic rings. The monoisotopic (exact) mass is 287 g/mol. The summed E-state index contributed by atoms with van der Waals surface area (Å²) < 4.78 is 9.87. The number of aromatic nitrogens is 1. The number of H-pyrrole nitrogens is 1. The molecule has 3 rings (SSSR count). The number of methoxy groups -OCH3 is 1. The molecule has 0 fully saturated rings. The highest BCUT2D eigenvalue weighted by atomic mass is 16.5. The first-order valence-corrected chi connectivity index (χ1v) is 6.51. The van der Waals surface area contributed by atoms with Crippen LogP contribution in [-0.4, -0.2) is 23.8 Å². The van der Waals surface area contributed by atoms with Gasteiger partial charge in [-0.25, -0.2) is 4.79 Å². The summed E-state index contributed by atoms with van der Waals surface area (Å²) in [7, 11) is 1.19. The third-order valence-corrected chi connectivity index (χ3v) is 3.66. The summed E-state index contributed by atoms with van der Waals surface area (Å²) in [5, 5.41) is 0. The average Bonchev–Trinajstić information content (AvgIpc) is 3.00. The van der Waals surface area contributed by atoms with Gasteiger partial charge < -0.3 is 14.1 Å². The van der Waals surface area contributed by atoms with Crippen LogP contribution in [0.15, 0.2) is 33.7 Å². The van der Waals surface area contributed by atoms with E-state index in [-0.39, 0.29) is 23.7 Å². The van der Waals surface area contributed by atoms with E-state index in [4.69, 9.17) is 4.42 Å². The topological polar surface area (TPSA) is 89.4 Å². The molecular formula is C15H13NO5. The number of furan rings is 1. The van der Waals surface area contributed by atoms with Crippen molar-refractivity contribution in [1.82, 2.24) is 4.98 Å². The number of Topliss-reactive ketones (excluding diaryl/α,β-unsaturated/α-hetero) is 1. The minimum Gasteiger partial charge on any atom is -0.469 e. The zero-order valence-corrected chi connectivity index (χ0v) is 11.3. The maximum absolute atomic E-state index is 12.2. The van der Waals surface area contributed by atoms with Gasteiger partial charge in [0.1, 0.15) is 11.3 Å². The Balaban J connectivity index is 2.03. The van der Waals surface area contributed by atoms with E-state index in [9.17, 15) is 14.4 Å². The molecule has 0 amide bonds. The summed E-state index contributed by atoms with van der Waals surface area (Å²) in [5.74, 6) is -0.259. The Morgan fingerprint density at radius 3 is 2.86 bits per heavy atom. The van der Waals surface area contributed by atoms with Crippen LogP contribution in [0.25, 0.3) is 0 Å². The summed E-state index contributed by atoms with van der Waals surface area (Å²) in [6, 6.07) is 4.89. The Morgan fingerprint density at radius 2 is 2.19 bits per heavy atom. The summed E-state index contributed by atoms with van der Waals surface area (Å²) in [6.07, 6.45) is 2.33. The van der Waals surface area contributed by atoms with E-state index in [2.05, 4.69) is 9.72 Å². The summed E-state index contributed by atoms with van der Waals surface area (Å²) in [6.45, 7) is 0. The van der Waals surface area contributed by atoms with E-state index in [0.717, 1.165) is 0 Å². The van der Waals surface area contributed by atoms with Gasteiger partial charge in [-0.15, -0.1) is 0 Å². The molecule has 2 aromatic heterocycles. The molecular weight excluding hydrogens is 274 g/mol. The molecule has 6 nitrogen and oxygen atoms in total. The Hall–Kier alpha value is -2.63. The first-order chi connectivity index (χ1) is 10.1. The third kappa shape index (κ3) is 2.29. The van der Waals surface area contributed by atoms with Crippen molar-refractivity contribution in [2.75, 3.05) is 7.11 Å². The van der Waals surface area contributed by atoms with Gasteiger partial charge in [0.05, 0.1) is 13.4 Å². The van der Waals surface area contributed by atoms with Gasteiger partial charge >= 0.3 is 5.97 Å². The van der Waals surface area contributed by atoms with Crippen molar-refractivity contribution in [1.29, 1.82) is 0 Å². The van der Waals surface area contributed by atoms with Crippen molar-refractivity contribution in [2.45, 2.75) is 18.8 Å². The highest BCUT2D eigenvalue weighted by molar-refractivity contribution is 6.01. The highest BCUT2D eigenvalue weighted by Crippen LogP contribution is 2.31. The van der Waals surface area contributed by atoms with Crippen molar-refractivity contribution in [2.24, 2.45) is 0 Å². The normalized spacial score (nSPS) is 17.4. The van der Waals surface area contributed by atoms with Crippen LogP contribution >= 0.6 is 0 Å². The van der Waals surface area contributed by atoms with Crippen LogP contribution in [0.4, 0.5) is 0 Å². The molecule has 1 N–H and O–H groups in total. The van der Waals surface area contributed by atoms with Crippen LogP contribution in [0, 0.1) is 0 Å². The van der Waals surface area contributed by atoms with Gasteiger partial charge in [0.2, 0.25) is 0 Å². The molecule has 0 saturated carbocycles. The minimum atomic E-state index is -0.750. The molecule has 0 spiro atoms. The number of carbonyl (C=O) groups is 2. The predicted molar refractivity (Wildman–Crippen MR) is 72.5 cm³/mol. The van der Waals surface area contributed by atoms with Crippen LogP contribution in [0.3, 0.4) is 0 Å². The van der Waals surface area contributed by atoms with Gasteiger partial charge in [-0.05, 0) is 24.6 Å². The molecule has 6 heteroatoms. The second-order valence-corrected chi connectivity index (χ2v) is 4.94. The van der Waals surface area contributed by atoms with Crippen molar-refractivity contribution < 1.29 is 18.7 Å². The van der Waals surface area contributed by atoms with Gasteiger partial charge in [-0.2, -0.15) is 0 Å². The number of hydrogen-bond acceptors (Lipinski definition) is 5. The molecule has 0 aliphatic heterocycles. The van der Waals surface area contributed by atoms with E-state index in [1.165, 1.54) is 13.2 Å². The van der Waals surface area contributed by atoms with Crippen LogP contribution in [0.2, 0.25) is 0 Å². The SMILES string of the molecule is COC(=O)c1cc2c([nH]c1=O)C[C@@H](c1ccco1)CC2=O. The first kappa shape index (κ1) is 13.4. The van der Waals surface area contributed by atoms with Crippen LogP contribution in [0.1, 0.15) is 44.5 Å². The first-order valence-electron chi connectivity index (χ1n) is 6.51. The van der Waals surface area contributed by atoms with E-state index < -0.39 is 11.5 Å². The molecule has 1 aliphatic carbocycles. The molecule has 1 atom stereocenters. The zero-order chi connectivity index (χ0) is 15.0. The van der Waals surface area contributed by atoms with Crippen LogP contribution in [-0.2, 0) is 11.2 Å². The quantitative estimate of drug-likeness (QED) is 0.848. The van der Waals surface area contributed by atoms with Crippen LogP contribution < -0.4 is 5.56 Å². The van der Waals surface area contributed by atoms with Crippen molar-refractivity contribution >= 4 is 11.8 Å². The van der Waals surface area contributed by atoms with Gasteiger partial charge in [-0.1, -0.05) is 0 Å². The second kappa shape index (κ2) is 5.05. The Kier molecular flexibility index (Phi) is 3.21. The summed E-state index contributed by atoms with van der Waals surface area (Å²) >= 11 is 0. The molecule has 108 valence electrons. The fourth-order valence-corrected chi connectivity index (χ4v) is 2.62. The lowest BCUT2D eigenvalue weighted by Gasteiger charge is -2.21. The number of rotatable bonds is 2. The van der Waals surface area contributed by atoms with E-state index in [1.54, 1.807) is 12.3 Å². The van der Waals surface area contributed by atoms with Gasteiger partial charge in [-0.3, -0.25) is 9.59 Å². The van der Waals surface area contributed by atoms with Gasteiger partial charge in [0, 0.05) is 23.6 Å². The molecule has 0 saturated heterocycles. The third-order valence-electron chi connectivity index (χ3n) is 3.66. The number of ether oxygens (including phenoxy) is 1. The number of pyridine rings is 1. The van der Waals surface area contributed by atoms with Gasteiger partial charge in [0.25, 0.3) is 5.56 Å². The molecule has 0 bridgehead atoms. The molecule has 0 unspecified atom stereocenters. The Morgan fingerprint density at radius 1 is 1.38 bits per heavy atom. The Labute approximate surface area is 119 Å². The van der Waals surface area contributed by atoms with E-state index in [1.807, 2.05) is 6.07 Å². The smallest absolute Gasteiger partial charge is 0.343 e. The maximum Gasteiger partial charge on any atom is 0.343 e. The number of nitrogens with one attached hydrogen (secondary N) is 1. The second-order valence-electron chi connectivity index (χ2n) is 4.94. The zero-order valence-electron chi connectivity index (χ0n) is 11.3. The fourth-order valence-electron chi connectivity index (χ4n) is 2.62. The largest absolute Gasteiger partial charge is 0.469 e. The molecule has 2 heterocycles. The molecule has 1 aliphatic rings. The lowest BCUT2D eigenvalue weighted by molar-refractivity contribution is 0.0598. The van der Waals surface area contributed by atoms with Crippen molar-refractivity contribution in [3.05, 3.63) is 57.4 Å². The summed E-state index contributed by atoms with van der Waals surface area (Å²) in [4.78, 5) is 38.3. The van der Waals surface area contributed by atoms with E-state index in [0.29, 0.717) is 23.4 Å². The van der Waals surface area contributed by atoms with Crippen molar-refractivity contribution in [3.8, 4) is 0 Å². The molecule has 0 aromatic carbocycles. The molecule has 21 heavy (non-hydrogen) atoms. The maximum atomic E-state index is 12.2. The predicted octanol–water partition coefficient (Wildman–Crippen LogP) is 1.67. The minimum absolute atomic E-state index is 0.0976. The van der Waals surface area contributed by atoms with Crippen LogP contribution in [0.5, 0.6) is 0 Å². The van der Waals surface area contributed by atoms with Crippen molar-refractivity contribution in [3.63, 3.8) is 0 Å². The number of hydrogen-bond donors (Lipinski definition) is 1. The summed E-state index contributed by atoms with van der Waals surface area (Å²) in [5.41, 5.74) is 0.206. The average molecular weight is 287 g/mol. The number of aromatic amines is 1. The standard InChI is InChI=1S/C15H13NO5/c1-20-15(19)10-7-9-11(16-14(10)18)5-8(6-12(9)17)13-3-2-4-21-13/h2-4,7-8H,5-6H2,1H3,(H,16,18)/t8-/m1/s1. The number of esters is 1. The fraction of sp³-hybridized carbons (Fsp3) is 0.267. The number of fused-ring (bicyclic) bond motifs is 1.